The Bertz CT molecular complexity index is 562. The van der Waals surface area contributed by atoms with E-state index in [2.05, 4.69) is 0 Å². The van der Waals surface area contributed by atoms with Crippen LogP contribution >= 0.6 is 0 Å². The van der Waals surface area contributed by atoms with E-state index in [1.807, 2.05) is 6.92 Å². The van der Waals surface area contributed by atoms with Gasteiger partial charge in [0.2, 0.25) is 0 Å². The van der Waals surface area contributed by atoms with Gasteiger partial charge in [0.1, 0.15) is 12.2 Å². The lowest BCUT2D eigenvalue weighted by Crippen LogP contribution is -2.32. The molecule has 1 fully saturated rings. The van der Waals surface area contributed by atoms with Gasteiger partial charge in [-0.25, -0.2) is 0 Å². The summed E-state index contributed by atoms with van der Waals surface area (Å²) in [6.45, 7) is 7.45. The van der Waals surface area contributed by atoms with Crippen LogP contribution in [0.25, 0.3) is 0 Å². The molecule has 1 aliphatic heterocycles. The van der Waals surface area contributed by atoms with Crippen molar-refractivity contribution in [1.29, 1.82) is 0 Å². The molecule has 5 nitrogen and oxygen atoms in total. The van der Waals surface area contributed by atoms with Gasteiger partial charge in [0.25, 0.3) is 10.1 Å². The third kappa shape index (κ3) is 3.58. The number of benzene rings is 1. The zero-order valence-electron chi connectivity index (χ0n) is 12.1. The van der Waals surface area contributed by atoms with E-state index in [0.717, 1.165) is 5.56 Å². The normalized spacial score (nSPS) is 23.7. The Morgan fingerprint density at radius 2 is 1.90 bits per heavy atom. The van der Waals surface area contributed by atoms with E-state index in [9.17, 15) is 8.42 Å². The first-order valence-corrected chi connectivity index (χ1v) is 7.92. The number of rotatable bonds is 4. The van der Waals surface area contributed by atoms with Crippen molar-refractivity contribution < 1.29 is 22.1 Å². The standard InChI is InChI=1S/C14H20O5S/c1-10-5-7-12(8-6-10)20(15,16)19-11(2)13-9-17-14(3,4)18-13/h5-8,11,13H,9H2,1-4H3. The largest absolute Gasteiger partial charge is 0.348 e. The lowest BCUT2D eigenvalue weighted by molar-refractivity contribution is -0.147. The first-order chi connectivity index (χ1) is 9.20. The number of hydrogen-bond acceptors (Lipinski definition) is 5. The fourth-order valence-corrected chi connectivity index (χ4v) is 3.07. The van der Waals surface area contributed by atoms with Gasteiger partial charge in [-0.2, -0.15) is 8.42 Å². The van der Waals surface area contributed by atoms with Crippen molar-refractivity contribution in [3.8, 4) is 0 Å². The fraction of sp³-hybridized carbons (Fsp3) is 0.571. The van der Waals surface area contributed by atoms with Crippen LogP contribution in [-0.4, -0.2) is 33.0 Å². The monoisotopic (exact) mass is 300 g/mol. The summed E-state index contributed by atoms with van der Waals surface area (Å²) in [6.07, 6.45) is -1.01. The second-order valence-corrected chi connectivity index (χ2v) is 7.01. The molecule has 0 saturated carbocycles. The van der Waals surface area contributed by atoms with Gasteiger partial charge in [-0.1, -0.05) is 17.7 Å². The molecule has 1 saturated heterocycles. The van der Waals surface area contributed by atoms with Gasteiger partial charge in [0, 0.05) is 0 Å². The molecule has 0 amide bonds. The van der Waals surface area contributed by atoms with Crippen molar-refractivity contribution in [1.82, 2.24) is 0 Å². The highest BCUT2D eigenvalue weighted by atomic mass is 32.2. The first kappa shape index (κ1) is 15.4. The predicted molar refractivity (Wildman–Crippen MR) is 73.8 cm³/mol. The maximum absolute atomic E-state index is 12.2. The van der Waals surface area contributed by atoms with Crippen LogP contribution in [0.3, 0.4) is 0 Å². The molecular weight excluding hydrogens is 280 g/mol. The first-order valence-electron chi connectivity index (χ1n) is 6.51. The molecule has 112 valence electrons. The highest BCUT2D eigenvalue weighted by Crippen LogP contribution is 2.27. The lowest BCUT2D eigenvalue weighted by Gasteiger charge is -2.21. The average molecular weight is 300 g/mol. The summed E-state index contributed by atoms with van der Waals surface area (Å²) in [4.78, 5) is 0.146. The van der Waals surface area contributed by atoms with Crippen LogP contribution in [0, 0.1) is 6.92 Å². The summed E-state index contributed by atoms with van der Waals surface area (Å²) >= 11 is 0. The Hall–Kier alpha value is -0.950. The molecule has 1 heterocycles. The van der Waals surface area contributed by atoms with Gasteiger partial charge in [-0.3, -0.25) is 4.18 Å². The SMILES string of the molecule is Cc1ccc(S(=O)(=O)OC(C)C2COC(C)(C)O2)cc1. The number of ether oxygens (including phenoxy) is 2. The molecule has 0 aliphatic carbocycles. The van der Waals surface area contributed by atoms with Gasteiger partial charge in [0.15, 0.2) is 5.79 Å². The minimum Gasteiger partial charge on any atom is -0.348 e. The Kier molecular flexibility index (Phi) is 4.20. The van der Waals surface area contributed by atoms with Crippen molar-refractivity contribution in [3.63, 3.8) is 0 Å². The predicted octanol–water partition coefficient (Wildman–Crippen LogP) is 2.24. The van der Waals surface area contributed by atoms with Crippen LogP contribution in [0.1, 0.15) is 26.3 Å². The molecule has 6 heteroatoms. The van der Waals surface area contributed by atoms with Crippen molar-refractivity contribution in [2.24, 2.45) is 0 Å². The number of hydrogen-bond donors (Lipinski definition) is 0. The van der Waals surface area contributed by atoms with Crippen LogP contribution < -0.4 is 0 Å². The third-order valence-corrected chi connectivity index (χ3v) is 4.55. The summed E-state index contributed by atoms with van der Waals surface area (Å²) < 4.78 is 40.5. The van der Waals surface area contributed by atoms with Crippen molar-refractivity contribution >= 4 is 10.1 Å². The minimum absolute atomic E-state index is 0.146. The molecular formula is C14H20O5S. The van der Waals surface area contributed by atoms with E-state index < -0.39 is 28.1 Å². The summed E-state index contributed by atoms with van der Waals surface area (Å²) in [6, 6.07) is 6.54. The molecule has 1 aromatic rings. The van der Waals surface area contributed by atoms with E-state index in [1.54, 1.807) is 32.9 Å². The third-order valence-electron chi connectivity index (χ3n) is 3.14. The molecule has 0 bridgehead atoms. The van der Waals surface area contributed by atoms with E-state index in [-0.39, 0.29) is 4.90 Å². The molecule has 0 radical (unpaired) electrons. The Morgan fingerprint density at radius 3 is 2.40 bits per heavy atom. The molecule has 1 aliphatic rings. The highest BCUT2D eigenvalue weighted by Gasteiger charge is 2.38. The molecule has 0 spiro atoms. The average Bonchev–Trinajstić information content (AvgIpc) is 2.70. The molecule has 2 rings (SSSR count). The Balaban J connectivity index is 2.07. The zero-order chi connectivity index (χ0) is 15.0. The van der Waals surface area contributed by atoms with Crippen LogP contribution in [0.15, 0.2) is 29.2 Å². The minimum atomic E-state index is -3.79. The Morgan fingerprint density at radius 1 is 1.30 bits per heavy atom. The Labute approximate surface area is 120 Å². The highest BCUT2D eigenvalue weighted by molar-refractivity contribution is 7.86. The second kappa shape index (κ2) is 5.44. The summed E-state index contributed by atoms with van der Waals surface area (Å²) in [5, 5.41) is 0. The van der Waals surface area contributed by atoms with E-state index in [4.69, 9.17) is 13.7 Å². The van der Waals surface area contributed by atoms with Crippen LogP contribution in [0.5, 0.6) is 0 Å². The second-order valence-electron chi connectivity index (χ2n) is 5.44. The van der Waals surface area contributed by atoms with Crippen LogP contribution in [0.4, 0.5) is 0 Å². The quantitative estimate of drug-likeness (QED) is 0.798. The smallest absolute Gasteiger partial charge is 0.297 e. The molecule has 20 heavy (non-hydrogen) atoms. The van der Waals surface area contributed by atoms with Crippen molar-refractivity contribution in [2.45, 2.75) is 50.6 Å². The maximum atomic E-state index is 12.2. The molecule has 0 N–H and O–H groups in total. The molecule has 2 unspecified atom stereocenters. The van der Waals surface area contributed by atoms with Crippen molar-refractivity contribution in [3.05, 3.63) is 29.8 Å². The van der Waals surface area contributed by atoms with Gasteiger partial charge < -0.3 is 9.47 Å². The maximum Gasteiger partial charge on any atom is 0.297 e. The molecule has 1 aromatic carbocycles. The van der Waals surface area contributed by atoms with Crippen LogP contribution in [-0.2, 0) is 23.8 Å². The summed E-state index contributed by atoms with van der Waals surface area (Å²) in [5.41, 5.74) is 0.992. The van der Waals surface area contributed by atoms with Crippen molar-refractivity contribution in [2.75, 3.05) is 6.61 Å². The summed E-state index contributed by atoms with van der Waals surface area (Å²) in [7, 11) is -3.79. The van der Waals surface area contributed by atoms with E-state index >= 15 is 0 Å². The fourth-order valence-electron chi connectivity index (χ4n) is 1.97. The van der Waals surface area contributed by atoms with Gasteiger partial charge >= 0.3 is 0 Å². The topological polar surface area (TPSA) is 61.8 Å². The van der Waals surface area contributed by atoms with E-state index in [0.29, 0.717) is 6.61 Å². The number of aryl methyl sites for hydroxylation is 1. The van der Waals surface area contributed by atoms with E-state index in [1.165, 1.54) is 12.1 Å². The molecule has 0 aromatic heterocycles. The summed E-state index contributed by atoms with van der Waals surface area (Å²) in [5.74, 6) is -0.699. The lowest BCUT2D eigenvalue weighted by atomic mass is 10.2. The zero-order valence-corrected chi connectivity index (χ0v) is 12.9. The van der Waals surface area contributed by atoms with Gasteiger partial charge in [-0.15, -0.1) is 0 Å². The molecule has 2 atom stereocenters. The van der Waals surface area contributed by atoms with Gasteiger partial charge in [0.05, 0.1) is 11.5 Å². The van der Waals surface area contributed by atoms with Gasteiger partial charge in [-0.05, 0) is 39.8 Å². The van der Waals surface area contributed by atoms with Crippen LogP contribution in [0.2, 0.25) is 0 Å².